The number of thiocarbonyl (C=S) groups is 1. The number of pyridine rings is 1. The highest BCUT2D eigenvalue weighted by atomic mass is 32.1. The molecule has 1 aromatic rings. The Morgan fingerprint density at radius 3 is 3.11 bits per heavy atom. The zero-order valence-electron chi connectivity index (χ0n) is 10.8. The summed E-state index contributed by atoms with van der Waals surface area (Å²) in [7, 11) is 1.51. The van der Waals surface area contributed by atoms with Crippen LogP contribution >= 0.6 is 12.2 Å². The molecule has 102 valence electrons. The number of rotatable bonds is 3. The zero-order valence-corrected chi connectivity index (χ0v) is 11.7. The van der Waals surface area contributed by atoms with Crippen LogP contribution in [0.15, 0.2) is 18.3 Å². The summed E-state index contributed by atoms with van der Waals surface area (Å²) in [5.41, 5.74) is 6.16. The molecule has 1 aliphatic rings. The van der Waals surface area contributed by atoms with Crippen LogP contribution in [0.1, 0.15) is 23.2 Å². The number of amides is 1. The van der Waals surface area contributed by atoms with Gasteiger partial charge in [-0.15, -0.1) is 0 Å². The Kier molecular flexibility index (Phi) is 4.31. The summed E-state index contributed by atoms with van der Waals surface area (Å²) in [4.78, 5) is 18.8. The highest BCUT2D eigenvalue weighted by Gasteiger charge is 2.27. The molecule has 0 saturated carbocycles. The molecule has 5 nitrogen and oxygen atoms in total. The lowest BCUT2D eigenvalue weighted by Crippen LogP contribution is -2.43. The second-order valence-electron chi connectivity index (χ2n) is 4.55. The molecule has 1 amide bonds. The molecule has 0 spiro atoms. The van der Waals surface area contributed by atoms with Crippen molar-refractivity contribution >= 4 is 23.1 Å². The molecule has 1 aliphatic heterocycles. The minimum absolute atomic E-state index is 0.0779. The van der Waals surface area contributed by atoms with Crippen LogP contribution in [0.2, 0.25) is 0 Å². The van der Waals surface area contributed by atoms with Crippen molar-refractivity contribution in [2.45, 2.75) is 12.8 Å². The Bertz CT molecular complexity index is 493. The SMILES string of the molecule is COc1ncccc1C(=O)N1CCCC(C(N)=S)C1. The summed E-state index contributed by atoms with van der Waals surface area (Å²) < 4.78 is 5.12. The first kappa shape index (κ1) is 13.7. The van der Waals surface area contributed by atoms with E-state index in [0.717, 1.165) is 19.4 Å². The van der Waals surface area contributed by atoms with E-state index in [1.165, 1.54) is 7.11 Å². The molecule has 2 N–H and O–H groups in total. The summed E-state index contributed by atoms with van der Waals surface area (Å²) in [5.74, 6) is 0.381. The number of hydrogen-bond acceptors (Lipinski definition) is 4. The second-order valence-corrected chi connectivity index (χ2v) is 5.02. The molecule has 1 fully saturated rings. The van der Waals surface area contributed by atoms with Gasteiger partial charge in [0, 0.05) is 25.2 Å². The summed E-state index contributed by atoms with van der Waals surface area (Å²) in [6.07, 6.45) is 3.46. The second kappa shape index (κ2) is 5.97. The van der Waals surface area contributed by atoms with E-state index in [0.29, 0.717) is 23.0 Å². The fourth-order valence-electron chi connectivity index (χ4n) is 2.28. The smallest absolute Gasteiger partial charge is 0.259 e. The normalized spacial score (nSPS) is 19.0. The first-order valence-electron chi connectivity index (χ1n) is 6.21. The summed E-state index contributed by atoms with van der Waals surface area (Å²) in [6, 6.07) is 3.45. The van der Waals surface area contributed by atoms with Crippen molar-refractivity contribution in [1.29, 1.82) is 0 Å². The molecule has 0 aromatic carbocycles. The van der Waals surface area contributed by atoms with E-state index in [4.69, 9.17) is 22.7 Å². The average Bonchev–Trinajstić information content (AvgIpc) is 2.46. The van der Waals surface area contributed by atoms with Gasteiger partial charge in [0.05, 0.1) is 12.1 Å². The molecule has 6 heteroatoms. The summed E-state index contributed by atoms with van der Waals surface area (Å²) >= 11 is 5.02. The molecule has 1 atom stereocenters. The van der Waals surface area contributed by atoms with Crippen LogP contribution < -0.4 is 10.5 Å². The number of piperidine rings is 1. The van der Waals surface area contributed by atoms with E-state index in [2.05, 4.69) is 4.98 Å². The Morgan fingerprint density at radius 2 is 2.42 bits per heavy atom. The van der Waals surface area contributed by atoms with Crippen molar-refractivity contribution in [2.75, 3.05) is 20.2 Å². The number of carbonyl (C=O) groups is 1. The molecule has 1 aromatic heterocycles. The van der Waals surface area contributed by atoms with E-state index in [1.54, 1.807) is 23.2 Å². The largest absolute Gasteiger partial charge is 0.480 e. The number of ether oxygens (including phenoxy) is 1. The van der Waals surface area contributed by atoms with Crippen molar-refractivity contribution in [3.63, 3.8) is 0 Å². The number of aromatic nitrogens is 1. The summed E-state index contributed by atoms with van der Waals surface area (Å²) in [6.45, 7) is 1.29. The van der Waals surface area contributed by atoms with Gasteiger partial charge in [0.2, 0.25) is 5.88 Å². The lowest BCUT2D eigenvalue weighted by molar-refractivity contribution is 0.0699. The van der Waals surface area contributed by atoms with E-state index in [1.807, 2.05) is 0 Å². The van der Waals surface area contributed by atoms with Crippen LogP contribution in [-0.2, 0) is 0 Å². The lowest BCUT2D eigenvalue weighted by atomic mass is 9.97. The maximum absolute atomic E-state index is 12.5. The Morgan fingerprint density at radius 1 is 1.63 bits per heavy atom. The van der Waals surface area contributed by atoms with Gasteiger partial charge in [0.25, 0.3) is 5.91 Å². The topological polar surface area (TPSA) is 68.5 Å². The van der Waals surface area contributed by atoms with Gasteiger partial charge in [-0.3, -0.25) is 4.79 Å². The highest BCUT2D eigenvalue weighted by Crippen LogP contribution is 2.22. The van der Waals surface area contributed by atoms with Crippen LogP contribution in [-0.4, -0.2) is 41.0 Å². The van der Waals surface area contributed by atoms with Crippen molar-refractivity contribution in [2.24, 2.45) is 11.7 Å². The lowest BCUT2D eigenvalue weighted by Gasteiger charge is -2.32. The fraction of sp³-hybridized carbons (Fsp3) is 0.462. The van der Waals surface area contributed by atoms with Crippen LogP contribution in [0.25, 0.3) is 0 Å². The predicted octanol–water partition coefficient (Wildman–Crippen LogP) is 1.23. The number of hydrogen-bond donors (Lipinski definition) is 1. The molecule has 1 unspecified atom stereocenters. The van der Waals surface area contributed by atoms with E-state index < -0.39 is 0 Å². The minimum atomic E-state index is -0.0779. The van der Waals surface area contributed by atoms with Gasteiger partial charge in [0.1, 0.15) is 5.56 Å². The van der Waals surface area contributed by atoms with Gasteiger partial charge in [0.15, 0.2) is 0 Å². The molecule has 2 heterocycles. The Balaban J connectivity index is 2.17. The first-order chi connectivity index (χ1) is 9.13. The Hall–Kier alpha value is -1.69. The molecular weight excluding hydrogens is 262 g/mol. The fourth-order valence-corrected chi connectivity index (χ4v) is 2.47. The van der Waals surface area contributed by atoms with Gasteiger partial charge in [-0.05, 0) is 25.0 Å². The maximum Gasteiger partial charge on any atom is 0.259 e. The number of methoxy groups -OCH3 is 1. The van der Waals surface area contributed by atoms with Crippen LogP contribution in [0, 0.1) is 5.92 Å². The standard InChI is InChI=1S/C13H17N3O2S/c1-18-12-10(5-2-6-15-12)13(17)16-7-3-4-9(8-16)11(14)19/h2,5-6,9H,3-4,7-8H2,1H3,(H2,14,19). The number of carbonyl (C=O) groups excluding carboxylic acids is 1. The monoisotopic (exact) mass is 279 g/mol. The third-order valence-corrected chi connectivity index (χ3v) is 3.64. The molecule has 0 radical (unpaired) electrons. The van der Waals surface area contributed by atoms with E-state index in [9.17, 15) is 4.79 Å². The van der Waals surface area contributed by atoms with Gasteiger partial charge in [-0.25, -0.2) is 4.98 Å². The maximum atomic E-state index is 12.5. The van der Waals surface area contributed by atoms with Crippen molar-refractivity contribution in [3.8, 4) is 5.88 Å². The van der Waals surface area contributed by atoms with Crippen LogP contribution in [0.4, 0.5) is 0 Å². The molecule has 19 heavy (non-hydrogen) atoms. The third kappa shape index (κ3) is 3.01. The van der Waals surface area contributed by atoms with E-state index in [-0.39, 0.29) is 11.8 Å². The van der Waals surface area contributed by atoms with Crippen molar-refractivity contribution < 1.29 is 9.53 Å². The average molecular weight is 279 g/mol. The van der Waals surface area contributed by atoms with Crippen LogP contribution in [0.3, 0.4) is 0 Å². The highest BCUT2D eigenvalue weighted by molar-refractivity contribution is 7.80. The Labute approximate surface area is 117 Å². The quantitative estimate of drug-likeness (QED) is 0.843. The van der Waals surface area contributed by atoms with Gasteiger partial charge < -0.3 is 15.4 Å². The minimum Gasteiger partial charge on any atom is -0.480 e. The van der Waals surface area contributed by atoms with Crippen molar-refractivity contribution in [3.05, 3.63) is 23.9 Å². The predicted molar refractivity (Wildman–Crippen MR) is 76.2 cm³/mol. The van der Waals surface area contributed by atoms with Crippen LogP contribution in [0.5, 0.6) is 5.88 Å². The molecule has 2 rings (SSSR count). The molecule has 0 bridgehead atoms. The van der Waals surface area contributed by atoms with Crippen molar-refractivity contribution in [1.82, 2.24) is 9.88 Å². The number of nitrogens with zero attached hydrogens (tertiary/aromatic N) is 2. The zero-order chi connectivity index (χ0) is 13.8. The van der Waals surface area contributed by atoms with Gasteiger partial charge >= 0.3 is 0 Å². The van der Waals surface area contributed by atoms with Gasteiger partial charge in [-0.1, -0.05) is 12.2 Å². The molecule has 0 aliphatic carbocycles. The molecular formula is C13H17N3O2S. The summed E-state index contributed by atoms with van der Waals surface area (Å²) in [5, 5.41) is 0. The number of nitrogens with two attached hydrogens (primary N) is 1. The number of likely N-dealkylation sites (tertiary alicyclic amines) is 1. The first-order valence-corrected chi connectivity index (χ1v) is 6.62. The van der Waals surface area contributed by atoms with E-state index >= 15 is 0 Å². The van der Waals surface area contributed by atoms with Gasteiger partial charge in [-0.2, -0.15) is 0 Å². The third-order valence-electron chi connectivity index (χ3n) is 3.31. The molecule has 1 saturated heterocycles.